The van der Waals surface area contributed by atoms with Gasteiger partial charge in [0.05, 0.1) is 5.56 Å². The van der Waals surface area contributed by atoms with Gasteiger partial charge in [-0.1, -0.05) is 42.4 Å². The molecule has 0 radical (unpaired) electrons. The summed E-state index contributed by atoms with van der Waals surface area (Å²) < 4.78 is 6.20. The first-order chi connectivity index (χ1) is 14.2. The third-order valence-electron chi connectivity index (χ3n) is 5.24. The van der Waals surface area contributed by atoms with E-state index < -0.39 is 0 Å². The molecule has 5 heteroatoms. The predicted octanol–water partition coefficient (Wildman–Crippen LogP) is 5.59. The molecule has 1 aliphatic rings. The number of benzene rings is 2. The van der Waals surface area contributed by atoms with E-state index in [0.29, 0.717) is 28.9 Å². The van der Waals surface area contributed by atoms with Crippen molar-refractivity contribution in [1.29, 1.82) is 0 Å². The van der Waals surface area contributed by atoms with Crippen molar-refractivity contribution >= 4 is 16.6 Å². The normalized spacial score (nSPS) is 14.2. The van der Waals surface area contributed by atoms with Crippen LogP contribution in [0.2, 0.25) is 0 Å². The largest absolute Gasteiger partial charge is 0.438 e. The summed E-state index contributed by atoms with van der Waals surface area (Å²) in [5.41, 5.74) is 1.56. The Morgan fingerprint density at radius 3 is 2.66 bits per heavy atom. The van der Waals surface area contributed by atoms with Crippen molar-refractivity contribution in [2.24, 2.45) is 11.1 Å². The third kappa shape index (κ3) is 4.50. The van der Waals surface area contributed by atoms with Crippen molar-refractivity contribution in [2.45, 2.75) is 33.1 Å². The molecule has 2 aromatic carbocycles. The molecule has 4 rings (SSSR count). The van der Waals surface area contributed by atoms with Crippen LogP contribution in [0.4, 0.5) is 0 Å². The first-order valence-corrected chi connectivity index (χ1v) is 10.3. The molecule has 1 aliphatic carbocycles. The summed E-state index contributed by atoms with van der Waals surface area (Å²) in [5.74, 6) is 2.39. The Hall–Kier alpha value is -3.08. The van der Waals surface area contributed by atoms with Crippen LogP contribution in [0, 0.1) is 12.8 Å². The number of hydrogen-bond donors (Lipinski definition) is 1. The topological polar surface area (TPSA) is 58.0 Å². The van der Waals surface area contributed by atoms with Gasteiger partial charge < -0.3 is 14.8 Å². The molecule has 1 fully saturated rings. The monoisotopic (exact) mass is 389 g/mol. The first kappa shape index (κ1) is 19.2. The molecule has 0 saturated heterocycles. The van der Waals surface area contributed by atoms with Gasteiger partial charge >= 0.3 is 0 Å². The van der Waals surface area contributed by atoms with Gasteiger partial charge in [0.25, 0.3) is 0 Å². The molecule has 0 spiro atoms. The fraction of sp³-hybridized carbons (Fsp3) is 0.333. The molecule has 0 bridgehead atoms. The number of aromatic nitrogens is 1. The predicted molar refractivity (Wildman–Crippen MR) is 116 cm³/mol. The molecular formula is C24H27N3O2. The molecule has 150 valence electrons. The summed E-state index contributed by atoms with van der Waals surface area (Å²) in [6.45, 7) is 5.80. The number of nitrogens with zero attached hydrogens (tertiary/aromatic N) is 3. The molecule has 1 aromatic heterocycles. The van der Waals surface area contributed by atoms with Crippen LogP contribution in [-0.4, -0.2) is 34.0 Å². The molecule has 3 aromatic rings. The van der Waals surface area contributed by atoms with Crippen LogP contribution in [0.1, 0.15) is 37.4 Å². The maximum Gasteiger partial charge on any atom is 0.230 e. The molecule has 0 atom stereocenters. The molecule has 0 aliphatic heterocycles. The maximum atomic E-state index is 9.87. The number of fused-ring (bicyclic) bond motifs is 1. The Morgan fingerprint density at radius 1 is 1.14 bits per heavy atom. The molecule has 5 nitrogen and oxygen atoms in total. The quantitative estimate of drug-likeness (QED) is 0.248. The minimum Gasteiger partial charge on any atom is -0.438 e. The zero-order valence-corrected chi connectivity index (χ0v) is 17.0. The van der Waals surface area contributed by atoms with E-state index in [4.69, 9.17) is 4.74 Å². The number of pyridine rings is 1. The summed E-state index contributed by atoms with van der Waals surface area (Å²) >= 11 is 0. The summed E-state index contributed by atoms with van der Waals surface area (Å²) in [7, 11) is 0. The lowest BCUT2D eigenvalue weighted by Crippen LogP contribution is -2.34. The molecule has 1 saturated carbocycles. The molecule has 0 amide bonds. The van der Waals surface area contributed by atoms with Crippen LogP contribution in [0.5, 0.6) is 11.6 Å². The van der Waals surface area contributed by atoms with E-state index in [0.717, 1.165) is 36.0 Å². The van der Waals surface area contributed by atoms with Crippen molar-refractivity contribution in [3.8, 4) is 11.6 Å². The Bertz CT molecular complexity index is 1030. The molecular weight excluding hydrogens is 362 g/mol. The van der Waals surface area contributed by atoms with E-state index in [-0.39, 0.29) is 0 Å². The number of hydrogen-bond acceptors (Lipinski definition) is 4. The zero-order valence-electron chi connectivity index (χ0n) is 17.0. The van der Waals surface area contributed by atoms with Crippen LogP contribution < -0.4 is 4.74 Å². The van der Waals surface area contributed by atoms with Gasteiger partial charge in [-0.25, -0.2) is 4.98 Å². The van der Waals surface area contributed by atoms with Crippen LogP contribution >= 0.6 is 0 Å². The van der Waals surface area contributed by atoms with Crippen LogP contribution in [0.3, 0.4) is 0 Å². The standard InChI is InChI=1S/C24H27N3O2/c1-3-14-27(16-18-9-10-18)23(26-28)22-13-8-17(2)25-24(22)29-21-12-11-19-6-4-5-7-20(19)15-21/h4-8,11-13,15,18,28H,3,9-10,14,16H2,1-2H3/b26-23-. The smallest absolute Gasteiger partial charge is 0.230 e. The van der Waals surface area contributed by atoms with Crippen molar-refractivity contribution < 1.29 is 9.94 Å². The highest BCUT2D eigenvalue weighted by Crippen LogP contribution is 2.32. The van der Waals surface area contributed by atoms with Crippen molar-refractivity contribution in [3.05, 3.63) is 65.9 Å². The van der Waals surface area contributed by atoms with E-state index in [1.807, 2.05) is 49.4 Å². The third-order valence-corrected chi connectivity index (χ3v) is 5.24. The second-order valence-electron chi connectivity index (χ2n) is 7.73. The minimum atomic E-state index is 0.463. The van der Waals surface area contributed by atoms with Gasteiger partial charge in [-0.2, -0.15) is 0 Å². The van der Waals surface area contributed by atoms with E-state index in [1.165, 1.54) is 12.8 Å². The van der Waals surface area contributed by atoms with Gasteiger partial charge in [-0.05, 0) is 67.1 Å². The first-order valence-electron chi connectivity index (χ1n) is 10.3. The number of oxime groups is 1. The highest BCUT2D eigenvalue weighted by atomic mass is 16.5. The minimum absolute atomic E-state index is 0.463. The van der Waals surface area contributed by atoms with E-state index in [2.05, 4.69) is 34.1 Å². The van der Waals surface area contributed by atoms with E-state index in [1.54, 1.807) is 0 Å². The van der Waals surface area contributed by atoms with Gasteiger partial charge in [0.15, 0.2) is 5.84 Å². The number of rotatable bonds is 7. The van der Waals surface area contributed by atoms with Crippen LogP contribution in [0.25, 0.3) is 10.8 Å². The summed E-state index contributed by atoms with van der Waals surface area (Å²) in [6, 6.07) is 18.0. The maximum absolute atomic E-state index is 9.87. The lowest BCUT2D eigenvalue weighted by Gasteiger charge is -2.25. The van der Waals surface area contributed by atoms with E-state index >= 15 is 0 Å². The van der Waals surface area contributed by atoms with Gasteiger partial charge in [0.1, 0.15) is 5.75 Å². The van der Waals surface area contributed by atoms with Crippen molar-refractivity contribution in [1.82, 2.24) is 9.88 Å². The average Bonchev–Trinajstić information content (AvgIpc) is 3.54. The second-order valence-corrected chi connectivity index (χ2v) is 7.73. The molecule has 1 heterocycles. The summed E-state index contributed by atoms with van der Waals surface area (Å²) in [6.07, 6.45) is 3.46. The number of amidine groups is 1. The fourth-order valence-electron chi connectivity index (χ4n) is 3.58. The Balaban J connectivity index is 1.68. The second kappa shape index (κ2) is 8.52. The molecule has 1 N–H and O–H groups in total. The van der Waals surface area contributed by atoms with Crippen LogP contribution in [0.15, 0.2) is 59.8 Å². The lowest BCUT2D eigenvalue weighted by atomic mass is 10.1. The van der Waals surface area contributed by atoms with Crippen LogP contribution in [-0.2, 0) is 0 Å². The number of aryl methyl sites for hydroxylation is 1. The van der Waals surface area contributed by atoms with Crippen molar-refractivity contribution in [2.75, 3.05) is 13.1 Å². The molecule has 29 heavy (non-hydrogen) atoms. The van der Waals surface area contributed by atoms with Gasteiger partial charge in [0.2, 0.25) is 5.88 Å². The SMILES string of the molecule is CCCN(CC1CC1)/C(=N\O)c1ccc(C)nc1Oc1ccc2ccccc2c1. The zero-order chi connectivity index (χ0) is 20.2. The highest BCUT2D eigenvalue weighted by molar-refractivity contribution is 6.00. The van der Waals surface area contributed by atoms with E-state index in [9.17, 15) is 5.21 Å². The summed E-state index contributed by atoms with van der Waals surface area (Å²) in [4.78, 5) is 6.76. The Kier molecular flexibility index (Phi) is 5.65. The fourth-order valence-corrected chi connectivity index (χ4v) is 3.58. The number of ether oxygens (including phenoxy) is 1. The molecule has 0 unspecified atom stereocenters. The Morgan fingerprint density at radius 2 is 1.93 bits per heavy atom. The van der Waals surface area contributed by atoms with Gasteiger partial charge in [-0.3, -0.25) is 0 Å². The Labute approximate surface area is 171 Å². The van der Waals surface area contributed by atoms with Gasteiger partial charge in [0, 0.05) is 18.8 Å². The van der Waals surface area contributed by atoms with Gasteiger partial charge in [-0.15, -0.1) is 0 Å². The highest BCUT2D eigenvalue weighted by Gasteiger charge is 2.28. The lowest BCUT2D eigenvalue weighted by molar-refractivity contribution is 0.296. The average molecular weight is 389 g/mol. The van der Waals surface area contributed by atoms with Crippen molar-refractivity contribution in [3.63, 3.8) is 0 Å². The summed E-state index contributed by atoms with van der Waals surface area (Å²) in [5, 5.41) is 15.8.